The number of hydrogen-bond acceptors (Lipinski definition) is 5. The number of phenols is 1. The number of aromatic hydroxyl groups is 1. The molecular formula is C13H18N2O4S. The van der Waals surface area contributed by atoms with Gasteiger partial charge < -0.3 is 10.0 Å². The zero-order chi connectivity index (χ0) is 14.8. The van der Waals surface area contributed by atoms with Crippen molar-refractivity contribution in [3.63, 3.8) is 0 Å². The quantitative estimate of drug-likeness (QED) is 0.821. The van der Waals surface area contributed by atoms with Crippen LogP contribution in [0.1, 0.15) is 17.3 Å². The van der Waals surface area contributed by atoms with Crippen LogP contribution in [-0.2, 0) is 10.0 Å². The van der Waals surface area contributed by atoms with Crippen molar-refractivity contribution >= 4 is 16.3 Å². The van der Waals surface area contributed by atoms with Crippen LogP contribution in [0.15, 0.2) is 23.1 Å². The Morgan fingerprint density at radius 1 is 1.25 bits per heavy atom. The molecule has 1 heterocycles. The molecule has 0 amide bonds. The summed E-state index contributed by atoms with van der Waals surface area (Å²) in [6.45, 7) is 5.23. The second-order valence-electron chi connectivity index (χ2n) is 4.68. The third-order valence-electron chi connectivity index (χ3n) is 3.54. The summed E-state index contributed by atoms with van der Waals surface area (Å²) in [6, 6.07) is 3.77. The van der Waals surface area contributed by atoms with Crippen LogP contribution in [-0.4, -0.2) is 61.7 Å². The van der Waals surface area contributed by atoms with E-state index in [0.717, 1.165) is 6.54 Å². The molecule has 1 N–H and O–H groups in total. The average molecular weight is 298 g/mol. The van der Waals surface area contributed by atoms with Crippen LogP contribution in [0.25, 0.3) is 0 Å². The highest BCUT2D eigenvalue weighted by atomic mass is 32.2. The number of rotatable bonds is 4. The molecule has 0 spiro atoms. The molecular weight excluding hydrogens is 280 g/mol. The number of piperazine rings is 1. The molecule has 0 radical (unpaired) electrons. The molecule has 0 aromatic heterocycles. The van der Waals surface area contributed by atoms with E-state index in [-0.39, 0.29) is 16.2 Å². The van der Waals surface area contributed by atoms with Gasteiger partial charge in [0.1, 0.15) is 5.75 Å². The molecule has 0 unspecified atom stereocenters. The van der Waals surface area contributed by atoms with Gasteiger partial charge in [-0.2, -0.15) is 4.31 Å². The van der Waals surface area contributed by atoms with Crippen LogP contribution in [0.2, 0.25) is 0 Å². The van der Waals surface area contributed by atoms with Crippen molar-refractivity contribution < 1.29 is 18.3 Å². The van der Waals surface area contributed by atoms with Crippen molar-refractivity contribution in [2.24, 2.45) is 0 Å². The maximum absolute atomic E-state index is 12.5. The van der Waals surface area contributed by atoms with Gasteiger partial charge in [0, 0.05) is 26.2 Å². The molecule has 1 aliphatic heterocycles. The Bertz CT molecular complexity index is 592. The van der Waals surface area contributed by atoms with E-state index in [0.29, 0.717) is 32.5 Å². The summed E-state index contributed by atoms with van der Waals surface area (Å²) in [5.74, 6) is -0.213. The van der Waals surface area contributed by atoms with E-state index >= 15 is 0 Å². The monoisotopic (exact) mass is 298 g/mol. The van der Waals surface area contributed by atoms with Gasteiger partial charge in [-0.15, -0.1) is 0 Å². The number of carbonyl (C=O) groups is 1. The number of sulfonamides is 1. The Morgan fingerprint density at radius 2 is 1.90 bits per heavy atom. The SMILES string of the molecule is CCN1CCN(S(=O)(=O)c2ccc(O)c(C=O)c2)CC1. The largest absolute Gasteiger partial charge is 0.507 e. The van der Waals surface area contributed by atoms with Crippen LogP contribution in [0.4, 0.5) is 0 Å². The summed E-state index contributed by atoms with van der Waals surface area (Å²) >= 11 is 0. The van der Waals surface area contributed by atoms with Crippen molar-refractivity contribution in [3.05, 3.63) is 23.8 Å². The molecule has 110 valence electrons. The molecule has 1 aliphatic rings. The first-order valence-corrected chi connectivity index (χ1v) is 7.93. The highest BCUT2D eigenvalue weighted by Gasteiger charge is 2.28. The van der Waals surface area contributed by atoms with Crippen LogP contribution in [0, 0.1) is 0 Å². The van der Waals surface area contributed by atoms with Crippen molar-refractivity contribution in [3.8, 4) is 5.75 Å². The Kier molecular flexibility index (Phi) is 4.42. The number of benzene rings is 1. The Morgan fingerprint density at radius 3 is 2.45 bits per heavy atom. The lowest BCUT2D eigenvalue weighted by Gasteiger charge is -2.33. The molecule has 0 aliphatic carbocycles. The van der Waals surface area contributed by atoms with Gasteiger partial charge in [0.05, 0.1) is 10.5 Å². The molecule has 0 bridgehead atoms. The Labute approximate surface area is 118 Å². The van der Waals surface area contributed by atoms with Crippen molar-refractivity contribution in [2.75, 3.05) is 32.7 Å². The first-order valence-electron chi connectivity index (χ1n) is 6.49. The van der Waals surface area contributed by atoms with Crippen LogP contribution in [0.5, 0.6) is 5.75 Å². The fraction of sp³-hybridized carbons (Fsp3) is 0.462. The number of likely N-dealkylation sites (N-methyl/N-ethyl adjacent to an activating group) is 1. The fourth-order valence-electron chi connectivity index (χ4n) is 2.22. The summed E-state index contributed by atoms with van der Waals surface area (Å²) in [5.41, 5.74) is -0.0155. The van der Waals surface area contributed by atoms with Crippen molar-refractivity contribution in [1.82, 2.24) is 9.21 Å². The zero-order valence-electron chi connectivity index (χ0n) is 11.3. The second-order valence-corrected chi connectivity index (χ2v) is 6.61. The normalized spacial score (nSPS) is 18.1. The van der Waals surface area contributed by atoms with E-state index < -0.39 is 10.0 Å². The van der Waals surface area contributed by atoms with E-state index in [1.54, 1.807) is 0 Å². The minimum absolute atomic E-state index is 0.0155. The van der Waals surface area contributed by atoms with Crippen molar-refractivity contribution in [1.29, 1.82) is 0 Å². The first-order chi connectivity index (χ1) is 9.48. The third kappa shape index (κ3) is 2.84. The summed E-state index contributed by atoms with van der Waals surface area (Å²) in [5, 5.41) is 9.43. The lowest BCUT2D eigenvalue weighted by molar-refractivity contribution is 0.112. The number of phenolic OH excluding ortho intramolecular Hbond substituents is 1. The maximum atomic E-state index is 12.5. The molecule has 2 rings (SSSR count). The smallest absolute Gasteiger partial charge is 0.243 e. The Balaban J connectivity index is 2.25. The van der Waals surface area contributed by atoms with E-state index in [9.17, 15) is 18.3 Å². The molecule has 20 heavy (non-hydrogen) atoms. The summed E-state index contributed by atoms with van der Waals surface area (Å²) in [4.78, 5) is 13.0. The van der Waals surface area contributed by atoms with Gasteiger partial charge in [-0.05, 0) is 24.7 Å². The van der Waals surface area contributed by atoms with Crippen LogP contribution in [0.3, 0.4) is 0 Å². The molecule has 1 aromatic rings. The highest BCUT2D eigenvalue weighted by molar-refractivity contribution is 7.89. The number of hydrogen-bond donors (Lipinski definition) is 1. The van der Waals surface area contributed by atoms with Gasteiger partial charge in [0.2, 0.25) is 10.0 Å². The standard InChI is InChI=1S/C13H18N2O4S/c1-2-14-5-7-15(8-6-14)20(18,19)12-3-4-13(17)11(9-12)10-16/h3-4,9-10,17H,2,5-8H2,1H3. The fourth-order valence-corrected chi connectivity index (χ4v) is 3.68. The molecule has 7 heteroatoms. The molecule has 0 saturated carbocycles. The predicted molar refractivity (Wildman–Crippen MR) is 74.4 cm³/mol. The maximum Gasteiger partial charge on any atom is 0.243 e. The van der Waals surface area contributed by atoms with Gasteiger partial charge in [0.15, 0.2) is 6.29 Å². The number of nitrogens with zero attached hydrogens (tertiary/aromatic N) is 2. The van der Waals surface area contributed by atoms with E-state index in [1.807, 2.05) is 6.92 Å². The van der Waals surface area contributed by atoms with Crippen LogP contribution < -0.4 is 0 Å². The second kappa shape index (κ2) is 5.90. The lowest BCUT2D eigenvalue weighted by Crippen LogP contribution is -2.48. The number of aldehydes is 1. The third-order valence-corrected chi connectivity index (χ3v) is 5.44. The molecule has 1 saturated heterocycles. The highest BCUT2D eigenvalue weighted by Crippen LogP contribution is 2.23. The van der Waals surface area contributed by atoms with Crippen LogP contribution >= 0.6 is 0 Å². The zero-order valence-corrected chi connectivity index (χ0v) is 12.1. The lowest BCUT2D eigenvalue weighted by atomic mass is 10.2. The van der Waals surface area contributed by atoms with Gasteiger partial charge in [0.25, 0.3) is 0 Å². The van der Waals surface area contributed by atoms with Crippen molar-refractivity contribution in [2.45, 2.75) is 11.8 Å². The predicted octanol–water partition coefficient (Wildman–Crippen LogP) is 0.531. The van der Waals surface area contributed by atoms with E-state index in [2.05, 4.69) is 4.90 Å². The molecule has 0 atom stereocenters. The minimum Gasteiger partial charge on any atom is -0.507 e. The van der Waals surface area contributed by atoms with E-state index in [4.69, 9.17) is 0 Å². The van der Waals surface area contributed by atoms with Gasteiger partial charge in [-0.1, -0.05) is 6.92 Å². The average Bonchev–Trinajstić information content (AvgIpc) is 2.47. The van der Waals surface area contributed by atoms with Gasteiger partial charge >= 0.3 is 0 Å². The van der Waals surface area contributed by atoms with E-state index in [1.165, 1.54) is 22.5 Å². The first kappa shape index (κ1) is 15.0. The summed E-state index contributed by atoms with van der Waals surface area (Å²) in [6.07, 6.45) is 0.448. The molecule has 1 fully saturated rings. The minimum atomic E-state index is -3.61. The number of carbonyl (C=O) groups excluding carboxylic acids is 1. The van der Waals surface area contributed by atoms with Gasteiger partial charge in [-0.3, -0.25) is 4.79 Å². The molecule has 6 nitrogen and oxygen atoms in total. The topological polar surface area (TPSA) is 77.9 Å². The summed E-state index contributed by atoms with van der Waals surface area (Å²) < 4.78 is 26.4. The molecule has 1 aromatic carbocycles. The summed E-state index contributed by atoms with van der Waals surface area (Å²) in [7, 11) is -3.61. The van der Waals surface area contributed by atoms with Gasteiger partial charge in [-0.25, -0.2) is 8.42 Å². The Hall–Kier alpha value is -1.44.